The van der Waals surface area contributed by atoms with Gasteiger partial charge in [-0.2, -0.15) is 0 Å². The van der Waals surface area contributed by atoms with Gasteiger partial charge < -0.3 is 14.6 Å². The molecule has 170 valence electrons. The van der Waals surface area contributed by atoms with Crippen molar-refractivity contribution in [2.24, 2.45) is 0 Å². The zero-order valence-corrected chi connectivity index (χ0v) is 19.1. The van der Waals surface area contributed by atoms with E-state index in [4.69, 9.17) is 9.47 Å². The van der Waals surface area contributed by atoms with Gasteiger partial charge in [-0.1, -0.05) is 54.0 Å². The maximum absolute atomic E-state index is 12.3. The lowest BCUT2D eigenvalue weighted by molar-refractivity contribution is 0.0469. The number of phenols is 1. The van der Waals surface area contributed by atoms with Crippen LogP contribution in [0.4, 0.5) is 0 Å². The molecular formula is C31H22O4. The Kier molecular flexibility index (Phi) is 7.49. The maximum atomic E-state index is 12.3. The minimum Gasteiger partial charge on any atom is -0.507 e. The molecule has 4 heteroatoms. The molecule has 0 aromatic heterocycles. The summed E-state index contributed by atoms with van der Waals surface area (Å²) in [5.74, 6) is 12.3. The Morgan fingerprint density at radius 3 is 1.77 bits per heavy atom. The number of hydrogen-bond acceptors (Lipinski definition) is 4. The lowest BCUT2D eigenvalue weighted by Gasteiger charge is -2.08. The van der Waals surface area contributed by atoms with Crippen LogP contribution in [-0.2, 0) is 11.3 Å². The summed E-state index contributed by atoms with van der Waals surface area (Å²) in [6.45, 7) is 0.0780. The summed E-state index contributed by atoms with van der Waals surface area (Å²) in [4.78, 5) is 12.3. The molecule has 4 aromatic rings. The van der Waals surface area contributed by atoms with Crippen LogP contribution < -0.4 is 4.74 Å². The number of benzene rings is 4. The van der Waals surface area contributed by atoms with E-state index in [2.05, 4.69) is 23.7 Å². The van der Waals surface area contributed by atoms with Crippen LogP contribution in [0.1, 0.15) is 38.2 Å². The zero-order chi connectivity index (χ0) is 24.5. The van der Waals surface area contributed by atoms with Crippen molar-refractivity contribution < 1.29 is 19.4 Å². The largest absolute Gasteiger partial charge is 0.507 e. The summed E-state index contributed by atoms with van der Waals surface area (Å²) in [7, 11) is 1.49. The molecule has 0 amide bonds. The molecule has 0 aliphatic rings. The van der Waals surface area contributed by atoms with Gasteiger partial charge in [0, 0.05) is 22.3 Å². The van der Waals surface area contributed by atoms with Crippen LogP contribution >= 0.6 is 0 Å². The van der Waals surface area contributed by atoms with Crippen LogP contribution in [0.15, 0.2) is 97.1 Å². The third-order valence-corrected chi connectivity index (χ3v) is 5.11. The Morgan fingerprint density at radius 1 is 0.714 bits per heavy atom. The van der Waals surface area contributed by atoms with Gasteiger partial charge in [0.25, 0.3) is 0 Å². The van der Waals surface area contributed by atoms with Crippen LogP contribution in [0.25, 0.3) is 0 Å². The van der Waals surface area contributed by atoms with Crippen molar-refractivity contribution in [2.75, 3.05) is 7.11 Å². The Hall–Kier alpha value is -4.93. The van der Waals surface area contributed by atoms with E-state index in [0.29, 0.717) is 5.75 Å². The van der Waals surface area contributed by atoms with Gasteiger partial charge in [-0.05, 0) is 72.3 Å². The predicted molar refractivity (Wildman–Crippen MR) is 135 cm³/mol. The number of phenolic OH excluding ortho intramolecular Hbond substituents is 1. The fourth-order valence-corrected chi connectivity index (χ4v) is 3.16. The second-order valence-corrected chi connectivity index (χ2v) is 7.60. The summed E-state index contributed by atoms with van der Waals surface area (Å²) >= 11 is 0. The Labute approximate surface area is 204 Å². The van der Waals surface area contributed by atoms with Crippen LogP contribution in [-0.4, -0.2) is 18.2 Å². The first kappa shape index (κ1) is 23.2. The lowest BCUT2D eigenvalue weighted by Crippen LogP contribution is -2.06. The van der Waals surface area contributed by atoms with E-state index in [1.165, 1.54) is 19.2 Å². The van der Waals surface area contributed by atoms with Gasteiger partial charge in [-0.25, -0.2) is 4.79 Å². The third-order valence-electron chi connectivity index (χ3n) is 5.11. The monoisotopic (exact) mass is 458 g/mol. The van der Waals surface area contributed by atoms with Gasteiger partial charge in [-0.3, -0.25) is 0 Å². The summed E-state index contributed by atoms with van der Waals surface area (Å²) in [5, 5.41) is 9.90. The van der Waals surface area contributed by atoms with Gasteiger partial charge in [-0.15, -0.1) is 0 Å². The summed E-state index contributed by atoms with van der Waals surface area (Å²) in [6.07, 6.45) is 0. The van der Waals surface area contributed by atoms with E-state index in [0.717, 1.165) is 27.8 Å². The normalized spacial score (nSPS) is 9.74. The molecule has 4 nitrogen and oxygen atoms in total. The number of aromatic hydroxyl groups is 1. The van der Waals surface area contributed by atoms with Gasteiger partial charge >= 0.3 is 5.97 Å². The average Bonchev–Trinajstić information content (AvgIpc) is 2.91. The van der Waals surface area contributed by atoms with E-state index in [1.807, 2.05) is 78.9 Å². The van der Waals surface area contributed by atoms with Crippen molar-refractivity contribution in [1.82, 2.24) is 0 Å². The highest BCUT2D eigenvalue weighted by Gasteiger charge is 2.14. The highest BCUT2D eigenvalue weighted by molar-refractivity contribution is 5.92. The molecule has 0 heterocycles. The van der Waals surface area contributed by atoms with Gasteiger partial charge in [0.2, 0.25) is 0 Å². The zero-order valence-electron chi connectivity index (χ0n) is 19.1. The highest BCUT2D eigenvalue weighted by atomic mass is 16.5. The van der Waals surface area contributed by atoms with Gasteiger partial charge in [0.1, 0.15) is 23.7 Å². The first-order chi connectivity index (χ1) is 17.1. The molecule has 0 atom stereocenters. The van der Waals surface area contributed by atoms with E-state index in [-0.39, 0.29) is 17.9 Å². The fraction of sp³-hybridized carbons (Fsp3) is 0.0645. The van der Waals surface area contributed by atoms with Crippen LogP contribution in [0, 0.1) is 23.7 Å². The Balaban J connectivity index is 1.34. The highest BCUT2D eigenvalue weighted by Crippen LogP contribution is 2.24. The maximum Gasteiger partial charge on any atom is 0.342 e. The lowest BCUT2D eigenvalue weighted by atomic mass is 10.1. The molecule has 1 N–H and O–H groups in total. The molecule has 0 aliphatic carbocycles. The van der Waals surface area contributed by atoms with E-state index in [1.54, 1.807) is 6.07 Å². The first-order valence-corrected chi connectivity index (χ1v) is 10.9. The van der Waals surface area contributed by atoms with Gasteiger partial charge in [0.05, 0.1) is 7.11 Å². The topological polar surface area (TPSA) is 55.8 Å². The summed E-state index contributed by atoms with van der Waals surface area (Å²) < 4.78 is 10.4. The van der Waals surface area contributed by atoms with Crippen LogP contribution in [0.3, 0.4) is 0 Å². The molecule has 4 aromatic carbocycles. The van der Waals surface area contributed by atoms with Gasteiger partial charge in [0.15, 0.2) is 0 Å². The molecule has 35 heavy (non-hydrogen) atoms. The number of methoxy groups -OCH3 is 1. The first-order valence-electron chi connectivity index (χ1n) is 10.9. The van der Waals surface area contributed by atoms with E-state index < -0.39 is 5.97 Å². The summed E-state index contributed by atoms with van der Waals surface area (Å²) in [6, 6.07) is 29.5. The Morgan fingerprint density at radius 2 is 1.23 bits per heavy atom. The van der Waals surface area contributed by atoms with Crippen molar-refractivity contribution in [3.8, 4) is 35.2 Å². The molecule has 0 bridgehead atoms. The number of carbonyl (C=O) groups excluding carboxylic acids is 1. The van der Waals surface area contributed by atoms with Crippen molar-refractivity contribution in [1.29, 1.82) is 0 Å². The van der Waals surface area contributed by atoms with Crippen LogP contribution in [0.2, 0.25) is 0 Å². The molecule has 0 fully saturated rings. The number of carbonyl (C=O) groups is 1. The minimum atomic E-state index is -0.623. The summed E-state index contributed by atoms with van der Waals surface area (Å²) in [5.41, 5.74) is 4.52. The number of esters is 1. The molecule has 0 unspecified atom stereocenters. The average molecular weight is 459 g/mol. The van der Waals surface area contributed by atoms with Crippen molar-refractivity contribution in [3.05, 3.63) is 130 Å². The molecule has 0 aliphatic heterocycles. The SMILES string of the molecule is COc1ccc(O)c(C(=O)OCc2ccc(C#Cc3ccc(C#Cc4ccccc4)cc3)cc2)c1. The van der Waals surface area contributed by atoms with E-state index in [9.17, 15) is 9.90 Å². The predicted octanol–water partition coefficient (Wildman–Crippen LogP) is 5.56. The fourth-order valence-electron chi connectivity index (χ4n) is 3.16. The molecule has 4 rings (SSSR count). The number of hydrogen-bond donors (Lipinski definition) is 1. The second-order valence-electron chi connectivity index (χ2n) is 7.60. The Bertz CT molecular complexity index is 1430. The van der Waals surface area contributed by atoms with Crippen LogP contribution in [0.5, 0.6) is 11.5 Å². The molecular weight excluding hydrogens is 436 g/mol. The molecule has 0 radical (unpaired) electrons. The molecule has 0 saturated carbocycles. The standard InChI is InChI=1S/C31H22O4/c1-34-28-19-20-30(32)29(21-28)31(33)35-22-27-17-15-26(16-18-27)14-13-25-11-9-24(10-12-25)8-7-23-5-3-2-4-6-23/h2-6,9-12,15-21,32H,22H2,1H3. The number of rotatable bonds is 4. The minimum absolute atomic E-state index is 0.0592. The smallest absolute Gasteiger partial charge is 0.342 e. The van der Waals surface area contributed by atoms with Crippen molar-refractivity contribution in [3.63, 3.8) is 0 Å². The quantitative estimate of drug-likeness (QED) is 0.322. The van der Waals surface area contributed by atoms with E-state index >= 15 is 0 Å². The van der Waals surface area contributed by atoms with Crippen molar-refractivity contribution in [2.45, 2.75) is 6.61 Å². The molecule has 0 spiro atoms. The van der Waals surface area contributed by atoms with Crippen molar-refractivity contribution >= 4 is 5.97 Å². The second kappa shape index (κ2) is 11.3. The third kappa shape index (κ3) is 6.54. The molecule has 0 saturated heterocycles. The number of ether oxygens (including phenoxy) is 2.